The maximum atomic E-state index is 13.0. The van der Waals surface area contributed by atoms with Crippen LogP contribution < -0.4 is 10.6 Å². The molecule has 0 aliphatic carbocycles. The molecule has 0 spiro atoms. The first-order valence-corrected chi connectivity index (χ1v) is 8.63. The molecule has 0 aliphatic heterocycles. The van der Waals surface area contributed by atoms with Gasteiger partial charge in [0.05, 0.1) is 0 Å². The molecular weight excluding hydrogens is 327 g/mol. The van der Waals surface area contributed by atoms with Crippen molar-refractivity contribution in [3.63, 3.8) is 0 Å². The van der Waals surface area contributed by atoms with E-state index in [4.69, 9.17) is 0 Å². The summed E-state index contributed by atoms with van der Waals surface area (Å²) in [6.45, 7) is 2.76. The number of amides is 1. The molecule has 2 N–H and O–H groups in total. The van der Waals surface area contributed by atoms with E-state index >= 15 is 0 Å². The smallest absolute Gasteiger partial charge is 0.255 e. The molecule has 3 aromatic rings. The summed E-state index contributed by atoms with van der Waals surface area (Å²) in [6.07, 6.45) is 0.962. The number of carbonyl (C=O) groups excluding carboxylic acids is 1. The molecule has 1 amide bonds. The minimum Gasteiger partial charge on any atom is -0.381 e. The van der Waals surface area contributed by atoms with Crippen LogP contribution in [-0.2, 0) is 13.0 Å². The predicted octanol–water partition coefficient (Wildman–Crippen LogP) is 5.25. The summed E-state index contributed by atoms with van der Waals surface area (Å²) in [6, 6.07) is 21.4. The van der Waals surface area contributed by atoms with Gasteiger partial charge in [-0.1, -0.05) is 37.3 Å². The number of hydrogen-bond acceptors (Lipinski definition) is 2. The van der Waals surface area contributed by atoms with E-state index < -0.39 is 0 Å². The number of carbonyl (C=O) groups is 1. The Kier molecular flexibility index (Phi) is 5.64. The van der Waals surface area contributed by atoms with Crippen molar-refractivity contribution < 1.29 is 9.18 Å². The average Bonchev–Trinajstić information content (AvgIpc) is 2.68. The van der Waals surface area contributed by atoms with Gasteiger partial charge in [0.15, 0.2) is 0 Å². The Hall–Kier alpha value is -3.14. The van der Waals surface area contributed by atoms with Crippen molar-refractivity contribution in [1.82, 2.24) is 0 Å². The first kappa shape index (κ1) is 17.7. The van der Waals surface area contributed by atoms with Gasteiger partial charge >= 0.3 is 0 Å². The lowest BCUT2D eigenvalue weighted by Gasteiger charge is -2.12. The third-order valence-electron chi connectivity index (χ3n) is 4.17. The summed E-state index contributed by atoms with van der Waals surface area (Å²) in [5.74, 6) is -0.546. The summed E-state index contributed by atoms with van der Waals surface area (Å²) in [5.41, 5.74) is 4.52. The number of anilines is 2. The molecule has 0 radical (unpaired) electrons. The topological polar surface area (TPSA) is 41.1 Å². The predicted molar refractivity (Wildman–Crippen MR) is 104 cm³/mol. The van der Waals surface area contributed by atoms with Gasteiger partial charge in [-0.2, -0.15) is 0 Å². The van der Waals surface area contributed by atoms with E-state index in [1.165, 1.54) is 17.7 Å². The molecule has 0 aliphatic rings. The van der Waals surface area contributed by atoms with Gasteiger partial charge in [0.2, 0.25) is 0 Å². The summed E-state index contributed by atoms with van der Waals surface area (Å²) in [7, 11) is 0. The Morgan fingerprint density at radius 2 is 1.73 bits per heavy atom. The number of aryl methyl sites for hydroxylation is 1. The molecule has 3 nitrogen and oxygen atoms in total. The van der Waals surface area contributed by atoms with Crippen LogP contribution in [0.3, 0.4) is 0 Å². The van der Waals surface area contributed by atoms with Gasteiger partial charge in [-0.3, -0.25) is 4.79 Å². The fourth-order valence-corrected chi connectivity index (χ4v) is 2.76. The lowest BCUT2D eigenvalue weighted by Crippen LogP contribution is -2.12. The maximum Gasteiger partial charge on any atom is 0.255 e. The van der Waals surface area contributed by atoms with Crippen LogP contribution in [0.1, 0.15) is 28.4 Å². The zero-order chi connectivity index (χ0) is 18.4. The van der Waals surface area contributed by atoms with Gasteiger partial charge in [0, 0.05) is 23.5 Å². The highest BCUT2D eigenvalue weighted by Gasteiger charge is 2.07. The Balaban J connectivity index is 1.67. The summed E-state index contributed by atoms with van der Waals surface area (Å²) < 4.78 is 13.0. The number of benzene rings is 3. The lowest BCUT2D eigenvalue weighted by molar-refractivity contribution is 0.102. The Labute approximate surface area is 152 Å². The second-order valence-corrected chi connectivity index (χ2v) is 6.03. The Morgan fingerprint density at radius 1 is 0.962 bits per heavy atom. The third-order valence-corrected chi connectivity index (χ3v) is 4.17. The van der Waals surface area contributed by atoms with Crippen LogP contribution in [0.25, 0.3) is 0 Å². The molecule has 0 unspecified atom stereocenters. The van der Waals surface area contributed by atoms with Crippen LogP contribution in [0.5, 0.6) is 0 Å². The van der Waals surface area contributed by atoms with Crippen molar-refractivity contribution in [1.29, 1.82) is 0 Å². The Morgan fingerprint density at radius 3 is 2.50 bits per heavy atom. The van der Waals surface area contributed by atoms with Crippen LogP contribution in [0.15, 0.2) is 72.8 Å². The van der Waals surface area contributed by atoms with Gasteiger partial charge in [-0.15, -0.1) is 0 Å². The van der Waals surface area contributed by atoms with Crippen LogP contribution in [0.2, 0.25) is 0 Å². The standard InChI is InChI=1S/C22H21FN2O/c1-2-17-7-3-4-9-21(17)24-15-16-6-5-8-18(14-16)22(26)25-20-12-10-19(23)11-13-20/h3-14,24H,2,15H2,1H3,(H,25,26). The van der Waals surface area contributed by atoms with Crippen LogP contribution in [0.4, 0.5) is 15.8 Å². The summed E-state index contributed by atoms with van der Waals surface area (Å²) in [4.78, 5) is 12.4. The second-order valence-electron chi connectivity index (χ2n) is 6.03. The fourth-order valence-electron chi connectivity index (χ4n) is 2.76. The minimum atomic E-state index is -0.330. The van der Waals surface area contributed by atoms with E-state index in [2.05, 4.69) is 29.7 Å². The zero-order valence-corrected chi connectivity index (χ0v) is 14.6. The van der Waals surface area contributed by atoms with E-state index in [1.54, 1.807) is 18.2 Å². The molecule has 0 saturated heterocycles. The van der Waals surface area contributed by atoms with Crippen LogP contribution in [-0.4, -0.2) is 5.91 Å². The van der Waals surface area contributed by atoms with Crippen molar-refractivity contribution in [3.05, 3.63) is 95.3 Å². The fraction of sp³-hybridized carbons (Fsp3) is 0.136. The highest BCUT2D eigenvalue weighted by atomic mass is 19.1. The first-order valence-electron chi connectivity index (χ1n) is 8.63. The average molecular weight is 348 g/mol. The van der Waals surface area contributed by atoms with E-state index in [0.29, 0.717) is 17.8 Å². The molecule has 0 fully saturated rings. The number of nitrogens with one attached hydrogen (secondary N) is 2. The quantitative estimate of drug-likeness (QED) is 0.638. The molecule has 26 heavy (non-hydrogen) atoms. The minimum absolute atomic E-state index is 0.215. The molecule has 0 atom stereocenters. The highest BCUT2D eigenvalue weighted by molar-refractivity contribution is 6.04. The number of rotatable bonds is 6. The van der Waals surface area contributed by atoms with E-state index in [9.17, 15) is 9.18 Å². The molecule has 4 heteroatoms. The van der Waals surface area contributed by atoms with Gasteiger partial charge in [0.25, 0.3) is 5.91 Å². The Bertz CT molecular complexity index is 891. The molecule has 3 rings (SSSR count). The number of hydrogen-bond donors (Lipinski definition) is 2. The zero-order valence-electron chi connectivity index (χ0n) is 14.6. The van der Waals surface area contributed by atoms with Crippen molar-refractivity contribution in [2.45, 2.75) is 19.9 Å². The molecule has 0 heterocycles. The number of para-hydroxylation sites is 1. The van der Waals surface area contributed by atoms with Crippen LogP contribution >= 0.6 is 0 Å². The van der Waals surface area contributed by atoms with E-state index in [1.807, 2.05) is 30.3 Å². The molecular formula is C22H21FN2O. The van der Waals surface area contributed by atoms with Crippen molar-refractivity contribution >= 4 is 17.3 Å². The monoisotopic (exact) mass is 348 g/mol. The largest absolute Gasteiger partial charge is 0.381 e. The summed E-state index contributed by atoms with van der Waals surface area (Å²) >= 11 is 0. The van der Waals surface area contributed by atoms with Crippen LogP contribution in [0, 0.1) is 5.82 Å². The van der Waals surface area contributed by atoms with Gasteiger partial charge in [-0.25, -0.2) is 4.39 Å². The third kappa shape index (κ3) is 4.48. The second kappa shape index (κ2) is 8.30. The van der Waals surface area contributed by atoms with E-state index in [0.717, 1.165) is 17.7 Å². The van der Waals surface area contributed by atoms with Gasteiger partial charge in [-0.05, 0) is 60.0 Å². The maximum absolute atomic E-state index is 13.0. The molecule has 0 saturated carbocycles. The van der Waals surface area contributed by atoms with Gasteiger partial charge in [0.1, 0.15) is 5.82 Å². The molecule has 0 bridgehead atoms. The van der Waals surface area contributed by atoms with E-state index in [-0.39, 0.29) is 11.7 Å². The number of halogens is 1. The molecule has 132 valence electrons. The van der Waals surface area contributed by atoms with Gasteiger partial charge < -0.3 is 10.6 Å². The summed E-state index contributed by atoms with van der Waals surface area (Å²) in [5, 5.41) is 6.21. The first-order chi connectivity index (χ1) is 12.7. The highest BCUT2D eigenvalue weighted by Crippen LogP contribution is 2.17. The van der Waals surface area contributed by atoms with Crippen molar-refractivity contribution in [2.24, 2.45) is 0 Å². The molecule has 0 aromatic heterocycles. The van der Waals surface area contributed by atoms with Crippen molar-refractivity contribution in [2.75, 3.05) is 10.6 Å². The lowest BCUT2D eigenvalue weighted by atomic mass is 10.1. The normalized spacial score (nSPS) is 10.4. The molecule has 3 aromatic carbocycles. The van der Waals surface area contributed by atoms with Crippen molar-refractivity contribution in [3.8, 4) is 0 Å². The SMILES string of the molecule is CCc1ccccc1NCc1cccc(C(=O)Nc2ccc(F)cc2)c1.